The topological polar surface area (TPSA) is 75.1 Å². The van der Waals surface area contributed by atoms with E-state index in [1.165, 1.54) is 46.9 Å². The smallest absolute Gasteiger partial charge is 0.416 e. The Balaban J connectivity index is 0.00000250. The summed E-state index contributed by atoms with van der Waals surface area (Å²) in [4.78, 5) is 21.3. The number of carbonyl (C=O) groups is 1. The average Bonchev–Trinajstić information content (AvgIpc) is 3.66. The van der Waals surface area contributed by atoms with Gasteiger partial charge in [0, 0.05) is 61.4 Å². The van der Waals surface area contributed by atoms with Gasteiger partial charge in [-0.05, 0) is 48.0 Å². The molecule has 252 valence electrons. The number of piperazine rings is 1. The Morgan fingerprint density at radius 1 is 1.02 bits per heavy atom. The van der Waals surface area contributed by atoms with Crippen LogP contribution in [0.1, 0.15) is 21.7 Å². The van der Waals surface area contributed by atoms with Crippen molar-refractivity contribution in [1.82, 2.24) is 9.88 Å². The summed E-state index contributed by atoms with van der Waals surface area (Å²) in [5.74, 6) is -0.653. The molecule has 4 aromatic rings. The highest BCUT2D eigenvalue weighted by Crippen LogP contribution is 2.35. The van der Waals surface area contributed by atoms with Gasteiger partial charge in [-0.2, -0.15) is 13.2 Å². The standard InChI is InChI=1S/C32H29F4N3O4S2.2ClH/c33-25-16-24(6-8-28(25)44-19-30(40)41)43-18-29-26(37-31(45-29)20-1-3-22(4-2-20)32(34,35)36)17-38-10-12-39(13-11-38)23-5-7-27-21(15-23)9-14-42-27;;/h1-8,15-16H,9-14,17-19H2,(H,40,41);2*1H. The van der Waals surface area contributed by atoms with Gasteiger partial charge in [0.25, 0.3) is 0 Å². The maximum absolute atomic E-state index is 14.6. The first-order chi connectivity index (χ1) is 21.6. The molecule has 2 aliphatic rings. The minimum atomic E-state index is -4.43. The van der Waals surface area contributed by atoms with E-state index in [0.717, 1.165) is 72.8 Å². The van der Waals surface area contributed by atoms with Crippen LogP contribution in [-0.4, -0.2) is 59.5 Å². The van der Waals surface area contributed by atoms with Gasteiger partial charge in [0.2, 0.25) is 0 Å². The Kier molecular flexibility index (Phi) is 12.3. The summed E-state index contributed by atoms with van der Waals surface area (Å²) in [6, 6.07) is 15.5. The zero-order valence-electron chi connectivity index (χ0n) is 24.8. The monoisotopic (exact) mass is 731 g/mol. The van der Waals surface area contributed by atoms with Gasteiger partial charge in [-0.15, -0.1) is 47.9 Å². The normalized spacial score (nSPS) is 14.5. The van der Waals surface area contributed by atoms with Gasteiger partial charge in [-0.1, -0.05) is 12.1 Å². The van der Waals surface area contributed by atoms with E-state index in [1.807, 2.05) is 6.07 Å². The minimum Gasteiger partial charge on any atom is -0.493 e. The lowest BCUT2D eigenvalue weighted by molar-refractivity contribution is -0.137. The summed E-state index contributed by atoms with van der Waals surface area (Å²) in [6.07, 6.45) is -3.52. The lowest BCUT2D eigenvalue weighted by Crippen LogP contribution is -2.46. The van der Waals surface area contributed by atoms with E-state index in [1.54, 1.807) is 6.07 Å². The van der Waals surface area contributed by atoms with E-state index < -0.39 is 23.5 Å². The van der Waals surface area contributed by atoms with Crippen molar-refractivity contribution in [2.45, 2.75) is 30.6 Å². The minimum absolute atomic E-state index is 0. The third kappa shape index (κ3) is 9.02. The number of anilines is 1. The predicted octanol–water partition coefficient (Wildman–Crippen LogP) is 7.82. The Hall–Kier alpha value is -3.23. The highest BCUT2D eigenvalue weighted by molar-refractivity contribution is 8.00. The van der Waals surface area contributed by atoms with Gasteiger partial charge in [-0.3, -0.25) is 9.69 Å². The van der Waals surface area contributed by atoms with Crippen LogP contribution in [0, 0.1) is 5.82 Å². The van der Waals surface area contributed by atoms with Crippen LogP contribution in [0.15, 0.2) is 65.6 Å². The Morgan fingerprint density at radius 2 is 1.77 bits per heavy atom. The maximum Gasteiger partial charge on any atom is 0.416 e. The number of carboxylic acids is 1. The molecule has 7 nitrogen and oxygen atoms in total. The third-order valence-corrected chi connectivity index (χ3v) is 9.80. The SMILES string of the molecule is Cl.Cl.O=C(O)CSc1ccc(OCc2sc(-c3ccc(C(F)(F)F)cc3)nc2CN2CCN(c3ccc4c(c3)CCO4)CC2)cc1F. The first kappa shape index (κ1) is 36.6. The van der Waals surface area contributed by atoms with Gasteiger partial charge in [0.1, 0.15) is 28.9 Å². The lowest BCUT2D eigenvalue weighted by atomic mass is 10.1. The van der Waals surface area contributed by atoms with Gasteiger partial charge in [0.05, 0.1) is 28.5 Å². The van der Waals surface area contributed by atoms with Crippen LogP contribution >= 0.6 is 47.9 Å². The molecule has 0 aliphatic carbocycles. The number of alkyl halides is 3. The number of hydrogen-bond donors (Lipinski definition) is 1. The number of thioether (sulfide) groups is 1. The van der Waals surface area contributed by atoms with E-state index >= 15 is 0 Å². The van der Waals surface area contributed by atoms with E-state index in [4.69, 9.17) is 19.6 Å². The number of hydrogen-bond acceptors (Lipinski definition) is 8. The molecular formula is C32H31Cl2F4N3O4S2. The van der Waals surface area contributed by atoms with Crippen LogP contribution in [0.25, 0.3) is 10.6 Å². The van der Waals surface area contributed by atoms with E-state index in [-0.39, 0.29) is 47.8 Å². The average molecular weight is 733 g/mol. The zero-order chi connectivity index (χ0) is 31.6. The molecule has 0 saturated carbocycles. The van der Waals surface area contributed by atoms with Crippen LogP contribution in [0.4, 0.5) is 23.2 Å². The van der Waals surface area contributed by atoms with E-state index in [9.17, 15) is 22.4 Å². The van der Waals surface area contributed by atoms with Crippen LogP contribution < -0.4 is 14.4 Å². The molecule has 2 aliphatic heterocycles. The van der Waals surface area contributed by atoms with Crippen molar-refractivity contribution in [3.63, 3.8) is 0 Å². The van der Waals surface area contributed by atoms with Gasteiger partial charge >= 0.3 is 12.1 Å². The number of aromatic nitrogens is 1. The van der Waals surface area contributed by atoms with Gasteiger partial charge in [0.15, 0.2) is 0 Å². The van der Waals surface area contributed by atoms with Crippen LogP contribution in [0.3, 0.4) is 0 Å². The van der Waals surface area contributed by atoms with Crippen molar-refractivity contribution >= 4 is 59.6 Å². The van der Waals surface area contributed by atoms with Gasteiger partial charge < -0.3 is 19.5 Å². The Bertz CT molecular complexity index is 1680. The Labute approximate surface area is 289 Å². The molecule has 1 N–H and O–H groups in total. The molecule has 47 heavy (non-hydrogen) atoms. The molecule has 3 aromatic carbocycles. The second-order valence-corrected chi connectivity index (χ2v) is 12.8. The summed E-state index contributed by atoms with van der Waals surface area (Å²) in [7, 11) is 0. The highest BCUT2D eigenvalue weighted by atomic mass is 35.5. The molecule has 0 amide bonds. The van der Waals surface area contributed by atoms with Crippen molar-refractivity contribution in [2.24, 2.45) is 0 Å². The molecule has 3 heterocycles. The van der Waals surface area contributed by atoms with Crippen LogP contribution in [0.5, 0.6) is 11.5 Å². The first-order valence-electron chi connectivity index (χ1n) is 14.3. The molecule has 15 heteroatoms. The molecule has 0 spiro atoms. The number of halogens is 6. The largest absolute Gasteiger partial charge is 0.493 e. The molecule has 0 atom stereocenters. The molecular weight excluding hydrogens is 701 g/mol. The number of aliphatic carboxylic acids is 1. The van der Waals surface area contributed by atoms with Crippen molar-refractivity contribution in [3.05, 3.63) is 88.2 Å². The number of nitrogens with zero attached hydrogens (tertiary/aromatic N) is 3. The highest BCUT2D eigenvalue weighted by Gasteiger charge is 2.30. The second kappa shape index (κ2) is 15.8. The fraction of sp³-hybridized carbons (Fsp3) is 0.312. The Morgan fingerprint density at radius 3 is 2.45 bits per heavy atom. The second-order valence-electron chi connectivity index (χ2n) is 10.7. The van der Waals surface area contributed by atoms with Crippen LogP contribution in [-0.2, 0) is 30.5 Å². The quantitative estimate of drug-likeness (QED) is 0.131. The van der Waals surface area contributed by atoms with Crippen molar-refractivity contribution < 1.29 is 36.9 Å². The molecule has 1 fully saturated rings. The number of carboxylic acid groups (broad SMARTS) is 1. The maximum atomic E-state index is 14.6. The summed E-state index contributed by atoms with van der Waals surface area (Å²) in [5, 5.41) is 9.44. The molecule has 0 unspecified atom stereocenters. The summed E-state index contributed by atoms with van der Waals surface area (Å²) < 4.78 is 65.6. The number of rotatable bonds is 10. The molecule has 0 bridgehead atoms. The summed E-state index contributed by atoms with van der Waals surface area (Å²) in [6.45, 7) is 4.57. The molecule has 6 rings (SSSR count). The zero-order valence-corrected chi connectivity index (χ0v) is 28.1. The fourth-order valence-corrected chi connectivity index (χ4v) is 6.90. The predicted molar refractivity (Wildman–Crippen MR) is 179 cm³/mol. The third-order valence-electron chi connectivity index (χ3n) is 7.65. The number of benzene rings is 3. The van der Waals surface area contributed by atoms with Crippen molar-refractivity contribution in [3.8, 4) is 22.1 Å². The molecule has 1 aromatic heterocycles. The van der Waals surface area contributed by atoms with Gasteiger partial charge in [-0.25, -0.2) is 9.37 Å². The fourth-order valence-electron chi connectivity index (χ4n) is 5.27. The number of thiazole rings is 1. The van der Waals surface area contributed by atoms with E-state index in [0.29, 0.717) is 23.7 Å². The van der Waals surface area contributed by atoms with Crippen LogP contribution in [0.2, 0.25) is 0 Å². The van der Waals surface area contributed by atoms with Crippen molar-refractivity contribution in [2.75, 3.05) is 43.4 Å². The molecule has 1 saturated heterocycles. The van der Waals surface area contributed by atoms with E-state index in [2.05, 4.69) is 21.9 Å². The first-order valence-corrected chi connectivity index (χ1v) is 16.1. The summed E-state index contributed by atoms with van der Waals surface area (Å²) >= 11 is 2.22. The lowest BCUT2D eigenvalue weighted by Gasteiger charge is -2.36. The number of ether oxygens (including phenoxy) is 2. The summed E-state index contributed by atoms with van der Waals surface area (Å²) in [5.41, 5.74) is 2.99. The number of fused-ring (bicyclic) bond motifs is 1. The molecule has 0 radical (unpaired) electrons. The van der Waals surface area contributed by atoms with Crippen molar-refractivity contribution in [1.29, 1.82) is 0 Å².